The van der Waals surface area contributed by atoms with E-state index in [-0.39, 0.29) is 22.6 Å². The zero-order valence-electron chi connectivity index (χ0n) is 7.67. The number of aromatic nitrogens is 1. The summed E-state index contributed by atoms with van der Waals surface area (Å²) in [6.45, 7) is 2.81. The molecule has 0 aromatic carbocycles. The topological polar surface area (TPSA) is 96.8 Å². The summed E-state index contributed by atoms with van der Waals surface area (Å²) >= 11 is 0. The van der Waals surface area contributed by atoms with Gasteiger partial charge in [-0.3, -0.25) is 4.79 Å². The van der Waals surface area contributed by atoms with Gasteiger partial charge in [0.05, 0.1) is 22.8 Å². The van der Waals surface area contributed by atoms with E-state index in [0.29, 0.717) is 5.69 Å². The summed E-state index contributed by atoms with van der Waals surface area (Å²) in [4.78, 5) is 24.1. The fourth-order valence-corrected chi connectivity index (χ4v) is 1.33. The Bertz CT molecular complexity index is 451. The van der Waals surface area contributed by atoms with Crippen LogP contribution in [0.15, 0.2) is 0 Å². The fraction of sp³-hybridized carbons (Fsp3) is 0.222. The van der Waals surface area contributed by atoms with Crippen LogP contribution in [0.3, 0.4) is 0 Å². The molecule has 1 N–H and O–H groups in total. The van der Waals surface area contributed by atoms with Gasteiger partial charge in [0, 0.05) is 5.69 Å². The molecule has 5 heteroatoms. The van der Waals surface area contributed by atoms with Crippen LogP contribution >= 0.6 is 0 Å². The number of rotatable bonds is 2. The molecule has 0 bridgehead atoms. The average molecular weight is 191 g/mol. The van der Waals surface area contributed by atoms with E-state index in [2.05, 4.69) is 4.98 Å². The maximum absolute atomic E-state index is 11.1. The molecule has 1 heterocycles. The highest BCUT2D eigenvalue weighted by atomic mass is 16.4. The van der Waals surface area contributed by atoms with E-state index in [1.807, 2.05) is 0 Å². The molecule has 0 radical (unpaired) electrons. The van der Waals surface area contributed by atoms with Crippen molar-refractivity contribution in [3.05, 3.63) is 22.5 Å². The van der Waals surface area contributed by atoms with Crippen LogP contribution in [0.5, 0.6) is 0 Å². The quantitative estimate of drug-likeness (QED) is 0.652. The summed E-state index contributed by atoms with van der Waals surface area (Å²) in [5.74, 6) is -1.83. The van der Waals surface area contributed by atoms with Crippen LogP contribution < -0.4 is 5.11 Å². The molecule has 1 aromatic rings. The van der Waals surface area contributed by atoms with Gasteiger partial charge in [0.25, 0.3) is 0 Å². The lowest BCUT2D eigenvalue weighted by Crippen LogP contribution is -2.23. The van der Waals surface area contributed by atoms with Crippen molar-refractivity contribution >= 4 is 11.8 Å². The molecule has 0 aliphatic rings. The van der Waals surface area contributed by atoms with E-state index in [1.165, 1.54) is 13.8 Å². The van der Waals surface area contributed by atoms with Crippen LogP contribution in [-0.2, 0) is 0 Å². The Morgan fingerprint density at radius 3 is 2.43 bits per heavy atom. The van der Waals surface area contributed by atoms with Gasteiger partial charge < -0.3 is 14.9 Å². The first kappa shape index (κ1) is 9.99. The number of ketones is 1. The number of hydrogen-bond acceptors (Lipinski definition) is 4. The lowest BCUT2D eigenvalue weighted by molar-refractivity contribution is -0.255. The molecular weight excluding hydrogens is 184 g/mol. The van der Waals surface area contributed by atoms with Crippen LogP contribution in [0.1, 0.15) is 39.0 Å². The number of nitrogens with zero attached hydrogens (tertiary/aromatic N) is 1. The molecule has 0 spiro atoms. The highest BCUT2D eigenvalue weighted by Gasteiger charge is 2.18. The molecule has 0 aliphatic carbocycles. The molecule has 0 amide bonds. The minimum atomic E-state index is -1.49. The number of carboxylic acids is 1. The van der Waals surface area contributed by atoms with Gasteiger partial charge in [0.1, 0.15) is 6.07 Å². The molecule has 0 saturated carbocycles. The Morgan fingerprint density at radius 1 is 1.50 bits per heavy atom. The molecule has 1 rings (SSSR count). The number of aromatic carboxylic acids is 1. The molecule has 72 valence electrons. The maximum atomic E-state index is 11.1. The minimum absolute atomic E-state index is 0.117. The Morgan fingerprint density at radius 2 is 2.07 bits per heavy atom. The number of aryl methyl sites for hydroxylation is 1. The number of hydrogen-bond donors (Lipinski definition) is 1. The van der Waals surface area contributed by atoms with Crippen LogP contribution in [0.2, 0.25) is 0 Å². The van der Waals surface area contributed by atoms with Gasteiger partial charge >= 0.3 is 0 Å². The standard InChI is InChI=1S/C9H8N2O3/c1-4-7(5(2)12)6(3-10)8(11-4)9(13)14/h11H,1-2H3,(H,13,14)/p-1. The normalized spacial score (nSPS) is 9.50. The second-order valence-electron chi connectivity index (χ2n) is 2.83. The van der Waals surface area contributed by atoms with Crippen molar-refractivity contribution in [1.29, 1.82) is 5.26 Å². The van der Waals surface area contributed by atoms with E-state index in [9.17, 15) is 14.7 Å². The Hall–Kier alpha value is -2.09. The van der Waals surface area contributed by atoms with Crippen molar-refractivity contribution in [2.75, 3.05) is 0 Å². The van der Waals surface area contributed by atoms with Gasteiger partial charge in [-0.05, 0) is 13.8 Å². The van der Waals surface area contributed by atoms with Gasteiger partial charge in [-0.2, -0.15) is 5.26 Å². The predicted molar refractivity (Wildman–Crippen MR) is 44.6 cm³/mol. The van der Waals surface area contributed by atoms with Crippen LogP contribution in [0, 0.1) is 18.3 Å². The van der Waals surface area contributed by atoms with Gasteiger partial charge in [-0.15, -0.1) is 0 Å². The van der Waals surface area contributed by atoms with E-state index >= 15 is 0 Å². The Kier molecular flexibility index (Phi) is 2.38. The number of carbonyl (C=O) groups is 2. The number of nitrogens with one attached hydrogen (secondary N) is 1. The number of nitriles is 1. The van der Waals surface area contributed by atoms with E-state index < -0.39 is 5.97 Å². The second-order valence-corrected chi connectivity index (χ2v) is 2.83. The summed E-state index contributed by atoms with van der Waals surface area (Å²) in [7, 11) is 0. The molecule has 0 atom stereocenters. The first-order chi connectivity index (χ1) is 6.49. The van der Waals surface area contributed by atoms with Crippen molar-refractivity contribution < 1.29 is 14.7 Å². The van der Waals surface area contributed by atoms with E-state index in [4.69, 9.17) is 5.26 Å². The highest BCUT2D eigenvalue weighted by molar-refractivity contribution is 6.01. The minimum Gasteiger partial charge on any atom is -0.543 e. The Labute approximate surface area is 80.0 Å². The molecule has 5 nitrogen and oxygen atoms in total. The second kappa shape index (κ2) is 3.34. The Balaban J connectivity index is 3.53. The lowest BCUT2D eigenvalue weighted by Gasteiger charge is -1.97. The van der Waals surface area contributed by atoms with Gasteiger partial charge in [-0.1, -0.05) is 0 Å². The molecule has 0 aliphatic heterocycles. The molecule has 0 saturated heterocycles. The highest BCUT2D eigenvalue weighted by Crippen LogP contribution is 2.17. The lowest BCUT2D eigenvalue weighted by atomic mass is 10.1. The SMILES string of the molecule is CC(=O)c1c(C)[nH]c(C(=O)[O-])c1C#N. The predicted octanol–water partition coefficient (Wildman–Crippen LogP) is -0.239. The number of carbonyl (C=O) groups excluding carboxylic acids is 2. The van der Waals surface area contributed by atoms with Crippen molar-refractivity contribution in [2.45, 2.75) is 13.8 Å². The molecule has 14 heavy (non-hydrogen) atoms. The van der Waals surface area contributed by atoms with Gasteiger partial charge in [-0.25, -0.2) is 0 Å². The van der Waals surface area contributed by atoms with Crippen molar-refractivity contribution in [3.63, 3.8) is 0 Å². The average Bonchev–Trinajstić information content (AvgIpc) is 2.41. The zero-order valence-corrected chi connectivity index (χ0v) is 7.67. The molecular formula is C9H7N2O3-. The van der Waals surface area contributed by atoms with Crippen LogP contribution in [0.25, 0.3) is 0 Å². The van der Waals surface area contributed by atoms with Gasteiger partial charge in [0.2, 0.25) is 0 Å². The van der Waals surface area contributed by atoms with E-state index in [1.54, 1.807) is 6.07 Å². The van der Waals surface area contributed by atoms with Crippen LogP contribution in [-0.4, -0.2) is 16.7 Å². The van der Waals surface area contributed by atoms with Gasteiger partial charge in [0.15, 0.2) is 5.78 Å². The van der Waals surface area contributed by atoms with Crippen LogP contribution in [0.4, 0.5) is 0 Å². The third-order valence-electron chi connectivity index (χ3n) is 1.86. The van der Waals surface area contributed by atoms with Crippen molar-refractivity contribution in [2.24, 2.45) is 0 Å². The fourth-order valence-electron chi connectivity index (χ4n) is 1.33. The summed E-state index contributed by atoms with van der Waals surface area (Å²) in [6, 6.07) is 1.67. The van der Waals surface area contributed by atoms with Crippen molar-refractivity contribution in [1.82, 2.24) is 4.98 Å². The molecule has 1 aromatic heterocycles. The number of Topliss-reactive ketones (excluding diaryl/α,β-unsaturated/α-hetero) is 1. The maximum Gasteiger partial charge on any atom is 0.162 e. The first-order valence-corrected chi connectivity index (χ1v) is 3.84. The first-order valence-electron chi connectivity index (χ1n) is 3.84. The smallest absolute Gasteiger partial charge is 0.162 e. The zero-order chi connectivity index (χ0) is 10.9. The van der Waals surface area contributed by atoms with Crippen molar-refractivity contribution in [3.8, 4) is 6.07 Å². The van der Waals surface area contributed by atoms with E-state index in [0.717, 1.165) is 0 Å². The number of carboxylic acid groups (broad SMARTS) is 1. The summed E-state index contributed by atoms with van der Waals surface area (Å²) in [6.07, 6.45) is 0. The summed E-state index contributed by atoms with van der Waals surface area (Å²) in [5.41, 5.74) is -0.00912. The third kappa shape index (κ3) is 1.38. The number of H-pyrrole nitrogens is 1. The largest absolute Gasteiger partial charge is 0.543 e. The monoisotopic (exact) mass is 191 g/mol. The molecule has 0 fully saturated rings. The number of aromatic amines is 1. The summed E-state index contributed by atoms with van der Waals surface area (Å²) in [5, 5.41) is 19.3. The molecule has 0 unspecified atom stereocenters. The third-order valence-corrected chi connectivity index (χ3v) is 1.86. The summed E-state index contributed by atoms with van der Waals surface area (Å²) < 4.78 is 0.